The second-order valence-corrected chi connectivity index (χ2v) is 5.43. The van der Waals surface area contributed by atoms with Crippen LogP contribution in [0.25, 0.3) is 17.0 Å². The Hall–Kier alpha value is -3.28. The number of hydrogen-bond acceptors (Lipinski definition) is 5. The van der Waals surface area contributed by atoms with Crippen molar-refractivity contribution in [2.75, 3.05) is 6.61 Å². The van der Waals surface area contributed by atoms with E-state index in [1.807, 2.05) is 30.3 Å². The van der Waals surface area contributed by atoms with Gasteiger partial charge in [0.2, 0.25) is 0 Å². The lowest BCUT2D eigenvalue weighted by atomic mass is 10.2. The van der Waals surface area contributed by atoms with E-state index in [9.17, 15) is 9.59 Å². The molecule has 0 saturated carbocycles. The van der Waals surface area contributed by atoms with Crippen LogP contribution in [0.2, 0.25) is 0 Å². The highest BCUT2D eigenvalue weighted by Gasteiger charge is 2.15. The minimum atomic E-state index is -0.622. The smallest absolute Gasteiger partial charge is 0.331 e. The van der Waals surface area contributed by atoms with Crippen molar-refractivity contribution in [3.05, 3.63) is 66.3 Å². The Bertz CT molecular complexity index is 859. The highest BCUT2D eigenvalue weighted by atomic mass is 16.5. The van der Waals surface area contributed by atoms with Gasteiger partial charge in [-0.05, 0) is 37.3 Å². The summed E-state index contributed by atoms with van der Waals surface area (Å²) in [6.45, 7) is 1.43. The molecule has 0 unspecified atom stereocenters. The third-order valence-electron chi connectivity index (χ3n) is 3.52. The van der Waals surface area contributed by atoms with Crippen molar-refractivity contribution in [1.82, 2.24) is 5.32 Å². The summed E-state index contributed by atoms with van der Waals surface area (Å²) < 4.78 is 15.6. The zero-order valence-corrected chi connectivity index (χ0v) is 13.6. The van der Waals surface area contributed by atoms with Crippen LogP contribution in [0.1, 0.15) is 24.5 Å². The number of carbonyl (C=O) groups excluding carboxylic acids is 2. The predicted octanol–water partition coefficient (Wildman–Crippen LogP) is 3.46. The molecule has 1 atom stereocenters. The van der Waals surface area contributed by atoms with Crippen molar-refractivity contribution >= 4 is 28.9 Å². The molecule has 0 bridgehead atoms. The number of hydrogen-bond donors (Lipinski definition) is 1. The van der Waals surface area contributed by atoms with Crippen molar-refractivity contribution in [3.63, 3.8) is 0 Å². The van der Waals surface area contributed by atoms with Crippen LogP contribution in [0.3, 0.4) is 0 Å². The molecule has 128 valence electrons. The molecule has 2 heterocycles. The maximum absolute atomic E-state index is 11.9. The number of benzene rings is 1. The molecule has 6 heteroatoms. The standard InChI is InChI=1S/C19H17NO5/c1-13(17-11-14-5-2-3-7-16(14)25-17)20-18(21)12-24-19(22)9-8-15-6-4-10-23-15/h2-11,13H,12H2,1H3,(H,20,21)/b9-8+/t13-/m1/s1. The second kappa shape index (κ2) is 7.53. The van der Waals surface area contributed by atoms with Gasteiger partial charge >= 0.3 is 5.97 Å². The van der Waals surface area contributed by atoms with E-state index in [4.69, 9.17) is 13.6 Å². The largest absolute Gasteiger partial charge is 0.465 e. The topological polar surface area (TPSA) is 81.7 Å². The Balaban J connectivity index is 1.49. The lowest BCUT2D eigenvalue weighted by molar-refractivity contribution is -0.144. The Morgan fingerprint density at radius 1 is 1.24 bits per heavy atom. The van der Waals surface area contributed by atoms with Crippen LogP contribution in [-0.4, -0.2) is 18.5 Å². The summed E-state index contributed by atoms with van der Waals surface area (Å²) in [6, 6.07) is 12.5. The number of para-hydroxylation sites is 1. The minimum Gasteiger partial charge on any atom is -0.465 e. The van der Waals surface area contributed by atoms with Crippen LogP contribution in [0.5, 0.6) is 0 Å². The summed E-state index contributed by atoms with van der Waals surface area (Å²) in [6.07, 6.45) is 4.17. The minimum absolute atomic E-state index is 0.336. The van der Waals surface area contributed by atoms with E-state index in [1.54, 1.807) is 19.1 Å². The highest BCUT2D eigenvalue weighted by molar-refractivity contribution is 5.89. The van der Waals surface area contributed by atoms with E-state index in [1.165, 1.54) is 18.4 Å². The molecule has 2 aromatic heterocycles. The van der Waals surface area contributed by atoms with Gasteiger partial charge in [-0.15, -0.1) is 0 Å². The zero-order valence-electron chi connectivity index (χ0n) is 13.6. The maximum atomic E-state index is 11.9. The number of carbonyl (C=O) groups is 2. The Morgan fingerprint density at radius 3 is 2.84 bits per heavy atom. The fraction of sp³-hybridized carbons (Fsp3) is 0.158. The number of esters is 1. The van der Waals surface area contributed by atoms with Crippen LogP contribution < -0.4 is 5.32 Å². The second-order valence-electron chi connectivity index (χ2n) is 5.43. The van der Waals surface area contributed by atoms with Gasteiger partial charge in [0.25, 0.3) is 5.91 Å². The molecular weight excluding hydrogens is 322 g/mol. The molecule has 1 amide bonds. The van der Waals surface area contributed by atoms with Crippen LogP contribution in [-0.2, 0) is 14.3 Å². The van der Waals surface area contributed by atoms with Crippen molar-refractivity contribution in [1.29, 1.82) is 0 Å². The number of nitrogens with one attached hydrogen (secondary N) is 1. The van der Waals surface area contributed by atoms with Crippen molar-refractivity contribution < 1.29 is 23.2 Å². The molecule has 0 aliphatic rings. The molecule has 6 nitrogen and oxygen atoms in total. The van der Waals surface area contributed by atoms with Crippen LogP contribution in [0.15, 0.2) is 63.6 Å². The van der Waals surface area contributed by atoms with Crippen molar-refractivity contribution in [2.45, 2.75) is 13.0 Å². The van der Waals surface area contributed by atoms with Gasteiger partial charge in [0.05, 0.1) is 12.3 Å². The summed E-state index contributed by atoms with van der Waals surface area (Å²) in [5.41, 5.74) is 0.757. The number of rotatable bonds is 6. The summed E-state index contributed by atoms with van der Waals surface area (Å²) in [4.78, 5) is 23.5. The van der Waals surface area contributed by atoms with Crippen LogP contribution in [0, 0.1) is 0 Å². The molecule has 0 saturated heterocycles. The lowest BCUT2D eigenvalue weighted by Crippen LogP contribution is -2.30. The third-order valence-corrected chi connectivity index (χ3v) is 3.52. The number of amides is 1. The van der Waals surface area contributed by atoms with E-state index in [2.05, 4.69) is 5.32 Å². The van der Waals surface area contributed by atoms with Gasteiger partial charge in [-0.3, -0.25) is 4.79 Å². The summed E-state index contributed by atoms with van der Waals surface area (Å²) >= 11 is 0. The van der Waals surface area contributed by atoms with Gasteiger partial charge in [0.15, 0.2) is 6.61 Å². The molecule has 0 aliphatic carbocycles. The first-order valence-corrected chi connectivity index (χ1v) is 7.78. The quantitative estimate of drug-likeness (QED) is 0.549. The number of fused-ring (bicyclic) bond motifs is 1. The van der Waals surface area contributed by atoms with Gasteiger partial charge in [0, 0.05) is 11.5 Å². The maximum Gasteiger partial charge on any atom is 0.331 e. The van der Waals surface area contributed by atoms with E-state index in [-0.39, 0.29) is 12.6 Å². The molecule has 3 aromatic rings. The lowest BCUT2D eigenvalue weighted by Gasteiger charge is -2.11. The van der Waals surface area contributed by atoms with Crippen LogP contribution >= 0.6 is 0 Å². The highest BCUT2D eigenvalue weighted by Crippen LogP contribution is 2.23. The van der Waals surface area contributed by atoms with Gasteiger partial charge in [0.1, 0.15) is 17.1 Å². The van der Waals surface area contributed by atoms with Gasteiger partial charge in [-0.25, -0.2) is 4.79 Å². The monoisotopic (exact) mass is 339 g/mol. The number of furan rings is 2. The van der Waals surface area contributed by atoms with Crippen LogP contribution in [0.4, 0.5) is 0 Å². The summed E-state index contributed by atoms with van der Waals surface area (Å²) in [7, 11) is 0. The molecule has 1 N–H and O–H groups in total. The Kier molecular flexibility index (Phi) is 4.99. The van der Waals surface area contributed by atoms with E-state index >= 15 is 0 Å². The molecule has 0 spiro atoms. The first-order valence-electron chi connectivity index (χ1n) is 7.78. The summed E-state index contributed by atoms with van der Waals surface area (Å²) in [5.74, 6) is 0.133. The molecule has 1 aromatic carbocycles. The average molecular weight is 339 g/mol. The number of ether oxygens (including phenoxy) is 1. The Morgan fingerprint density at radius 2 is 2.08 bits per heavy atom. The third kappa shape index (κ3) is 4.38. The molecule has 3 rings (SSSR count). The van der Waals surface area contributed by atoms with E-state index in [0.717, 1.165) is 11.0 Å². The predicted molar refractivity (Wildman–Crippen MR) is 91.5 cm³/mol. The SMILES string of the molecule is C[C@@H](NC(=O)COC(=O)/C=C/c1ccco1)c1cc2ccccc2o1. The average Bonchev–Trinajstić information content (AvgIpc) is 3.27. The summed E-state index contributed by atoms with van der Waals surface area (Å²) in [5, 5.41) is 3.70. The first kappa shape index (κ1) is 16.6. The first-order chi connectivity index (χ1) is 12.1. The van der Waals surface area contributed by atoms with Gasteiger partial charge < -0.3 is 18.9 Å². The van der Waals surface area contributed by atoms with E-state index < -0.39 is 11.9 Å². The molecule has 0 aliphatic heterocycles. The molecule has 0 radical (unpaired) electrons. The van der Waals surface area contributed by atoms with Gasteiger partial charge in [-0.2, -0.15) is 0 Å². The fourth-order valence-corrected chi connectivity index (χ4v) is 2.29. The van der Waals surface area contributed by atoms with Crippen molar-refractivity contribution in [2.24, 2.45) is 0 Å². The molecule has 25 heavy (non-hydrogen) atoms. The van der Waals surface area contributed by atoms with Gasteiger partial charge in [-0.1, -0.05) is 18.2 Å². The van der Waals surface area contributed by atoms with E-state index in [0.29, 0.717) is 11.5 Å². The molecular formula is C19H17NO5. The van der Waals surface area contributed by atoms with Crippen molar-refractivity contribution in [3.8, 4) is 0 Å². The zero-order chi connectivity index (χ0) is 17.6. The Labute approximate surface area is 144 Å². The normalized spacial score (nSPS) is 12.4. The molecule has 0 fully saturated rings. The fourth-order valence-electron chi connectivity index (χ4n) is 2.29.